The Hall–Kier alpha value is -1.10. The Labute approximate surface area is 134 Å². The molecule has 6 heteroatoms. The molecule has 0 unspecified atom stereocenters. The number of aromatic nitrogens is 2. The van der Waals surface area contributed by atoms with E-state index in [9.17, 15) is 0 Å². The number of halogens is 2. The summed E-state index contributed by atoms with van der Waals surface area (Å²) in [7, 11) is 0. The minimum atomic E-state index is 0.478. The van der Waals surface area contributed by atoms with E-state index in [0.717, 1.165) is 24.9 Å². The lowest BCUT2D eigenvalue weighted by atomic mass is 10.1. The van der Waals surface area contributed by atoms with Gasteiger partial charge in [0.15, 0.2) is 5.82 Å². The Morgan fingerprint density at radius 3 is 2.62 bits per heavy atom. The van der Waals surface area contributed by atoms with Crippen LogP contribution in [0, 0.1) is 0 Å². The van der Waals surface area contributed by atoms with E-state index in [1.165, 1.54) is 0 Å². The third-order valence-electron chi connectivity index (χ3n) is 3.03. The molecule has 4 nitrogen and oxygen atoms in total. The lowest BCUT2D eigenvalue weighted by Crippen LogP contribution is -2.23. The zero-order valence-electron chi connectivity index (χ0n) is 12.2. The molecule has 0 aliphatic carbocycles. The van der Waals surface area contributed by atoms with Gasteiger partial charge in [-0.25, -0.2) is 0 Å². The molecule has 0 radical (unpaired) electrons. The average Bonchev–Trinajstić information content (AvgIpc) is 2.87. The monoisotopic (exact) mass is 327 g/mol. The summed E-state index contributed by atoms with van der Waals surface area (Å²) >= 11 is 12.3. The van der Waals surface area contributed by atoms with Gasteiger partial charge >= 0.3 is 0 Å². The van der Waals surface area contributed by atoms with Crippen LogP contribution in [0.25, 0.3) is 0 Å². The van der Waals surface area contributed by atoms with Gasteiger partial charge in [-0.1, -0.05) is 48.3 Å². The summed E-state index contributed by atoms with van der Waals surface area (Å²) < 4.78 is 5.25. The third kappa shape index (κ3) is 4.99. The van der Waals surface area contributed by atoms with Crippen molar-refractivity contribution in [3.63, 3.8) is 0 Å². The maximum Gasteiger partial charge on any atom is 0.226 e. The van der Waals surface area contributed by atoms with Crippen LogP contribution >= 0.6 is 23.2 Å². The van der Waals surface area contributed by atoms with Gasteiger partial charge in [-0.05, 0) is 30.7 Å². The van der Waals surface area contributed by atoms with Crippen LogP contribution in [0.4, 0.5) is 0 Å². The topological polar surface area (TPSA) is 51.0 Å². The Morgan fingerprint density at radius 1 is 1.24 bits per heavy atom. The quantitative estimate of drug-likeness (QED) is 0.783. The standard InChI is InChI=1S/C15H19Cl2N3O/c1-10(2)18-8-4-7-15-19-14(20-21-15)9-11-12(16)5-3-6-13(11)17/h3,5-6,10,18H,4,7-9H2,1-2H3. The minimum Gasteiger partial charge on any atom is -0.339 e. The van der Waals surface area contributed by atoms with Crippen molar-refractivity contribution < 1.29 is 4.52 Å². The Bertz CT molecular complexity index is 564. The SMILES string of the molecule is CC(C)NCCCc1nc(Cc2c(Cl)cccc2Cl)no1. The van der Waals surface area contributed by atoms with Crippen molar-refractivity contribution in [2.75, 3.05) is 6.54 Å². The fraction of sp³-hybridized carbons (Fsp3) is 0.467. The predicted octanol–water partition coefficient (Wildman–Crippen LogP) is 3.90. The van der Waals surface area contributed by atoms with Crippen LogP contribution in [0.2, 0.25) is 10.0 Å². The van der Waals surface area contributed by atoms with E-state index in [4.69, 9.17) is 27.7 Å². The second-order valence-electron chi connectivity index (χ2n) is 5.19. The third-order valence-corrected chi connectivity index (χ3v) is 3.73. The van der Waals surface area contributed by atoms with Crippen molar-refractivity contribution in [3.05, 3.63) is 45.5 Å². The van der Waals surface area contributed by atoms with Crippen molar-refractivity contribution in [3.8, 4) is 0 Å². The fourth-order valence-electron chi connectivity index (χ4n) is 1.95. The highest BCUT2D eigenvalue weighted by molar-refractivity contribution is 6.36. The van der Waals surface area contributed by atoms with Gasteiger partial charge in [-0.3, -0.25) is 0 Å². The first-order chi connectivity index (χ1) is 10.1. The number of rotatable bonds is 7. The van der Waals surface area contributed by atoms with Gasteiger partial charge in [0.2, 0.25) is 5.89 Å². The van der Waals surface area contributed by atoms with Gasteiger partial charge in [0.05, 0.1) is 0 Å². The van der Waals surface area contributed by atoms with E-state index in [1.807, 2.05) is 6.07 Å². The van der Waals surface area contributed by atoms with E-state index in [-0.39, 0.29) is 0 Å². The predicted molar refractivity (Wildman–Crippen MR) is 85.0 cm³/mol. The normalized spacial score (nSPS) is 11.3. The zero-order chi connectivity index (χ0) is 15.2. The molecule has 1 heterocycles. The van der Waals surface area contributed by atoms with Crippen molar-refractivity contribution >= 4 is 23.2 Å². The lowest BCUT2D eigenvalue weighted by Gasteiger charge is -2.05. The van der Waals surface area contributed by atoms with Crippen LogP contribution in [0.5, 0.6) is 0 Å². The first-order valence-electron chi connectivity index (χ1n) is 7.04. The molecule has 1 aromatic heterocycles. The molecular weight excluding hydrogens is 309 g/mol. The average molecular weight is 328 g/mol. The number of aryl methyl sites for hydroxylation is 1. The molecule has 0 spiro atoms. The van der Waals surface area contributed by atoms with E-state index in [1.54, 1.807) is 12.1 Å². The number of hydrogen-bond donors (Lipinski definition) is 1. The van der Waals surface area contributed by atoms with Crippen molar-refractivity contribution in [1.29, 1.82) is 0 Å². The molecule has 0 bridgehead atoms. The summed E-state index contributed by atoms with van der Waals surface area (Å²) in [5, 5.41) is 8.58. The molecule has 0 fully saturated rings. The maximum absolute atomic E-state index is 6.14. The smallest absolute Gasteiger partial charge is 0.226 e. The molecule has 0 atom stereocenters. The second-order valence-corrected chi connectivity index (χ2v) is 6.01. The first-order valence-corrected chi connectivity index (χ1v) is 7.79. The van der Waals surface area contributed by atoms with Crippen LogP contribution < -0.4 is 5.32 Å². The molecule has 21 heavy (non-hydrogen) atoms. The largest absolute Gasteiger partial charge is 0.339 e. The molecule has 0 saturated carbocycles. The Morgan fingerprint density at radius 2 is 1.95 bits per heavy atom. The van der Waals surface area contributed by atoms with Gasteiger partial charge in [0.25, 0.3) is 0 Å². The van der Waals surface area contributed by atoms with Gasteiger partial charge in [0.1, 0.15) is 0 Å². The summed E-state index contributed by atoms with van der Waals surface area (Å²) in [4.78, 5) is 4.38. The molecule has 1 N–H and O–H groups in total. The maximum atomic E-state index is 6.14. The molecule has 114 valence electrons. The van der Waals surface area contributed by atoms with E-state index >= 15 is 0 Å². The van der Waals surface area contributed by atoms with Crippen LogP contribution in [0.15, 0.2) is 22.7 Å². The van der Waals surface area contributed by atoms with Gasteiger partial charge in [-0.2, -0.15) is 4.98 Å². The molecule has 2 rings (SSSR count). The van der Waals surface area contributed by atoms with Crippen molar-refractivity contribution in [1.82, 2.24) is 15.5 Å². The minimum absolute atomic E-state index is 0.478. The zero-order valence-corrected chi connectivity index (χ0v) is 13.7. The highest BCUT2D eigenvalue weighted by atomic mass is 35.5. The molecule has 0 amide bonds. The van der Waals surface area contributed by atoms with E-state index in [2.05, 4.69) is 29.3 Å². The van der Waals surface area contributed by atoms with Gasteiger partial charge < -0.3 is 9.84 Å². The number of benzene rings is 1. The number of hydrogen-bond acceptors (Lipinski definition) is 4. The summed E-state index contributed by atoms with van der Waals surface area (Å²) in [5.74, 6) is 1.26. The molecule has 0 saturated heterocycles. The van der Waals surface area contributed by atoms with Crippen LogP contribution in [-0.2, 0) is 12.8 Å². The first kappa shape index (κ1) is 16.3. The van der Waals surface area contributed by atoms with Gasteiger partial charge in [0, 0.05) is 28.9 Å². The molecule has 2 aromatic rings. The number of nitrogens with zero attached hydrogens (tertiary/aromatic N) is 2. The highest BCUT2D eigenvalue weighted by Crippen LogP contribution is 2.26. The van der Waals surface area contributed by atoms with Crippen LogP contribution in [-0.4, -0.2) is 22.7 Å². The Balaban J connectivity index is 1.91. The molecular formula is C15H19Cl2N3O. The van der Waals surface area contributed by atoms with Crippen molar-refractivity contribution in [2.24, 2.45) is 0 Å². The molecule has 0 aliphatic rings. The molecule has 0 aliphatic heterocycles. The van der Waals surface area contributed by atoms with E-state index < -0.39 is 0 Å². The summed E-state index contributed by atoms with van der Waals surface area (Å²) in [6, 6.07) is 5.92. The second kappa shape index (κ2) is 7.78. The van der Waals surface area contributed by atoms with Crippen molar-refractivity contribution in [2.45, 2.75) is 39.2 Å². The molecule has 1 aromatic carbocycles. The summed E-state index contributed by atoms with van der Waals surface area (Å²) in [5.41, 5.74) is 0.828. The highest BCUT2D eigenvalue weighted by Gasteiger charge is 2.11. The Kier molecular flexibility index (Phi) is 6.03. The summed E-state index contributed by atoms with van der Waals surface area (Å²) in [6.07, 6.45) is 2.21. The van der Waals surface area contributed by atoms with Gasteiger partial charge in [-0.15, -0.1) is 0 Å². The van der Waals surface area contributed by atoms with Crippen LogP contribution in [0.1, 0.15) is 37.5 Å². The van der Waals surface area contributed by atoms with E-state index in [0.29, 0.717) is 34.2 Å². The van der Waals surface area contributed by atoms with Crippen LogP contribution in [0.3, 0.4) is 0 Å². The summed E-state index contributed by atoms with van der Waals surface area (Å²) in [6.45, 7) is 5.18. The fourth-order valence-corrected chi connectivity index (χ4v) is 2.48. The number of nitrogens with one attached hydrogen (secondary N) is 1. The lowest BCUT2D eigenvalue weighted by molar-refractivity contribution is 0.369.